The average Bonchev–Trinajstić information content (AvgIpc) is 3.00. The van der Waals surface area contributed by atoms with E-state index in [0.717, 1.165) is 16.0 Å². The van der Waals surface area contributed by atoms with E-state index in [9.17, 15) is 9.59 Å². The Kier molecular flexibility index (Phi) is 3.86. The van der Waals surface area contributed by atoms with Gasteiger partial charge in [0.2, 0.25) is 5.91 Å². The van der Waals surface area contributed by atoms with Crippen LogP contribution in [-0.2, 0) is 9.59 Å². The molecule has 2 aromatic rings. The Bertz CT molecular complexity index is 713. The first-order valence-electron chi connectivity index (χ1n) is 6.49. The molecule has 0 saturated carbocycles. The fourth-order valence-electron chi connectivity index (χ4n) is 2.31. The van der Waals surface area contributed by atoms with Crippen LogP contribution in [0.5, 0.6) is 5.75 Å². The molecular weight excluding hydrogens is 308 g/mol. The van der Waals surface area contributed by atoms with Crippen molar-refractivity contribution in [1.82, 2.24) is 4.98 Å². The minimum atomic E-state index is 0.0246. The Balaban J connectivity index is 1.86. The predicted octanol–water partition coefficient (Wildman–Crippen LogP) is 2.69. The Morgan fingerprint density at radius 1 is 1.52 bits per heavy atom. The summed E-state index contributed by atoms with van der Waals surface area (Å²) in [5, 5.41) is 0.759. The molecule has 2 heterocycles. The van der Waals surface area contributed by atoms with E-state index in [1.165, 1.54) is 30.0 Å². The number of hydrogen-bond donors (Lipinski definition) is 0. The van der Waals surface area contributed by atoms with Gasteiger partial charge in [-0.1, -0.05) is 23.1 Å². The summed E-state index contributed by atoms with van der Waals surface area (Å²) < 4.78 is 6.18. The Morgan fingerprint density at radius 2 is 2.33 bits per heavy atom. The van der Waals surface area contributed by atoms with Crippen molar-refractivity contribution in [1.29, 1.82) is 0 Å². The fraction of sp³-hybridized carbons (Fsp3) is 0.357. The highest BCUT2D eigenvalue weighted by Crippen LogP contribution is 2.35. The topological polar surface area (TPSA) is 59.5 Å². The van der Waals surface area contributed by atoms with Gasteiger partial charge in [0, 0.05) is 25.1 Å². The number of aromatic nitrogens is 1. The van der Waals surface area contributed by atoms with Crippen molar-refractivity contribution in [3.8, 4) is 5.75 Å². The molecule has 1 amide bonds. The number of thiazole rings is 1. The molecule has 1 fully saturated rings. The van der Waals surface area contributed by atoms with Crippen molar-refractivity contribution >= 4 is 49.5 Å². The number of thioether (sulfide) groups is 1. The molecule has 0 N–H and O–H groups in total. The standard InChI is InChI=1S/C14H14N2O3S2/c1-8(17)20-10-6-13(18)16(7-10)14-15-11-4-3-9(19-2)5-12(11)21-14/h3-5,10H,6-7H2,1-2H3. The first-order chi connectivity index (χ1) is 10.1. The second-order valence-corrected chi connectivity index (χ2v) is 7.26. The van der Waals surface area contributed by atoms with Crippen LogP contribution in [0.1, 0.15) is 13.3 Å². The van der Waals surface area contributed by atoms with Gasteiger partial charge in [-0.2, -0.15) is 0 Å². The lowest BCUT2D eigenvalue weighted by Gasteiger charge is -2.11. The van der Waals surface area contributed by atoms with Gasteiger partial charge in [0.15, 0.2) is 10.2 Å². The molecule has 1 aliphatic heterocycles. The third-order valence-corrected chi connectivity index (χ3v) is 5.26. The number of fused-ring (bicyclic) bond motifs is 1. The molecule has 0 spiro atoms. The predicted molar refractivity (Wildman–Crippen MR) is 85.2 cm³/mol. The number of ether oxygens (including phenoxy) is 1. The summed E-state index contributed by atoms with van der Waals surface area (Å²) in [7, 11) is 1.62. The molecule has 1 aromatic carbocycles. The number of methoxy groups -OCH3 is 1. The van der Waals surface area contributed by atoms with Crippen LogP contribution in [0.3, 0.4) is 0 Å². The summed E-state index contributed by atoms with van der Waals surface area (Å²) in [6.07, 6.45) is 0.392. The lowest BCUT2D eigenvalue weighted by atomic mass is 10.3. The van der Waals surface area contributed by atoms with Gasteiger partial charge in [-0.3, -0.25) is 14.5 Å². The Hall–Kier alpha value is -1.60. The van der Waals surface area contributed by atoms with Crippen molar-refractivity contribution in [3.63, 3.8) is 0 Å². The molecule has 0 bridgehead atoms. The van der Waals surface area contributed by atoms with E-state index in [2.05, 4.69) is 4.98 Å². The maximum atomic E-state index is 12.1. The zero-order valence-corrected chi connectivity index (χ0v) is 13.3. The molecule has 1 aliphatic rings. The number of rotatable bonds is 3. The lowest BCUT2D eigenvalue weighted by molar-refractivity contribution is -0.117. The number of carbonyl (C=O) groups is 2. The van der Waals surface area contributed by atoms with E-state index < -0.39 is 0 Å². The van der Waals surface area contributed by atoms with E-state index in [4.69, 9.17) is 4.74 Å². The number of carbonyl (C=O) groups excluding carboxylic acids is 2. The largest absolute Gasteiger partial charge is 0.497 e. The van der Waals surface area contributed by atoms with Gasteiger partial charge in [-0.05, 0) is 18.2 Å². The first kappa shape index (κ1) is 14.3. The lowest BCUT2D eigenvalue weighted by Crippen LogP contribution is -2.24. The van der Waals surface area contributed by atoms with Gasteiger partial charge in [-0.25, -0.2) is 4.98 Å². The molecule has 1 saturated heterocycles. The van der Waals surface area contributed by atoms with E-state index in [1.807, 2.05) is 18.2 Å². The van der Waals surface area contributed by atoms with Crippen LogP contribution in [-0.4, -0.2) is 34.9 Å². The Labute approximate surface area is 130 Å². The van der Waals surface area contributed by atoms with Gasteiger partial charge in [0.05, 0.1) is 17.3 Å². The van der Waals surface area contributed by atoms with E-state index in [0.29, 0.717) is 18.1 Å². The SMILES string of the molecule is COc1ccc2nc(N3CC(SC(C)=O)CC3=O)sc2c1. The third kappa shape index (κ3) is 2.89. The molecular formula is C14H14N2O3S2. The maximum Gasteiger partial charge on any atom is 0.230 e. The van der Waals surface area contributed by atoms with E-state index >= 15 is 0 Å². The summed E-state index contributed by atoms with van der Waals surface area (Å²) >= 11 is 2.70. The van der Waals surface area contributed by atoms with Crippen LogP contribution in [0.4, 0.5) is 5.13 Å². The fourth-order valence-corrected chi connectivity index (χ4v) is 4.25. The smallest absolute Gasteiger partial charge is 0.230 e. The van der Waals surface area contributed by atoms with Crippen LogP contribution < -0.4 is 9.64 Å². The van der Waals surface area contributed by atoms with E-state index in [-0.39, 0.29) is 16.3 Å². The quantitative estimate of drug-likeness (QED) is 0.869. The van der Waals surface area contributed by atoms with Crippen molar-refractivity contribution in [2.45, 2.75) is 18.6 Å². The highest BCUT2D eigenvalue weighted by molar-refractivity contribution is 8.14. The molecule has 3 rings (SSSR count). The third-order valence-electron chi connectivity index (χ3n) is 3.24. The second-order valence-electron chi connectivity index (χ2n) is 4.77. The van der Waals surface area contributed by atoms with Gasteiger partial charge in [-0.15, -0.1) is 0 Å². The number of hydrogen-bond acceptors (Lipinski definition) is 6. The molecule has 110 valence electrons. The normalized spacial score (nSPS) is 18.5. The zero-order chi connectivity index (χ0) is 15.0. The van der Waals surface area contributed by atoms with E-state index in [1.54, 1.807) is 12.0 Å². The highest BCUT2D eigenvalue weighted by Gasteiger charge is 2.33. The number of benzene rings is 1. The molecule has 1 unspecified atom stereocenters. The maximum absolute atomic E-state index is 12.1. The van der Waals surface area contributed by atoms with Gasteiger partial charge < -0.3 is 4.74 Å². The molecule has 1 aromatic heterocycles. The molecule has 0 aliphatic carbocycles. The average molecular weight is 322 g/mol. The zero-order valence-electron chi connectivity index (χ0n) is 11.7. The molecule has 7 heteroatoms. The van der Waals surface area contributed by atoms with Crippen molar-refractivity contribution in [2.24, 2.45) is 0 Å². The van der Waals surface area contributed by atoms with Crippen molar-refractivity contribution < 1.29 is 14.3 Å². The van der Waals surface area contributed by atoms with Crippen LogP contribution in [0.15, 0.2) is 18.2 Å². The number of amides is 1. The molecule has 21 heavy (non-hydrogen) atoms. The van der Waals surface area contributed by atoms with Crippen LogP contribution in [0.2, 0.25) is 0 Å². The van der Waals surface area contributed by atoms with Gasteiger partial charge >= 0.3 is 0 Å². The Morgan fingerprint density at radius 3 is 3.05 bits per heavy atom. The molecule has 0 radical (unpaired) electrons. The first-order valence-corrected chi connectivity index (χ1v) is 8.18. The second kappa shape index (κ2) is 5.65. The van der Waals surface area contributed by atoms with Crippen molar-refractivity contribution in [3.05, 3.63) is 18.2 Å². The number of anilines is 1. The molecule has 5 nitrogen and oxygen atoms in total. The van der Waals surface area contributed by atoms with Crippen LogP contribution in [0.25, 0.3) is 10.2 Å². The van der Waals surface area contributed by atoms with Crippen LogP contribution >= 0.6 is 23.1 Å². The van der Waals surface area contributed by atoms with Gasteiger partial charge in [0.25, 0.3) is 0 Å². The van der Waals surface area contributed by atoms with Crippen molar-refractivity contribution in [2.75, 3.05) is 18.6 Å². The van der Waals surface area contributed by atoms with Crippen LogP contribution in [0, 0.1) is 0 Å². The van der Waals surface area contributed by atoms with Gasteiger partial charge in [0.1, 0.15) is 5.75 Å². The summed E-state index contributed by atoms with van der Waals surface area (Å²) in [6.45, 7) is 2.07. The summed E-state index contributed by atoms with van der Waals surface area (Å²) in [5.74, 6) is 0.801. The summed E-state index contributed by atoms with van der Waals surface area (Å²) in [4.78, 5) is 29.5. The minimum absolute atomic E-state index is 0.0246. The monoisotopic (exact) mass is 322 g/mol. The highest BCUT2D eigenvalue weighted by atomic mass is 32.2. The summed E-state index contributed by atoms with van der Waals surface area (Å²) in [5.41, 5.74) is 0.853. The minimum Gasteiger partial charge on any atom is -0.497 e. The summed E-state index contributed by atoms with van der Waals surface area (Å²) in [6, 6.07) is 5.65. The molecule has 1 atom stereocenters. The number of nitrogens with zero attached hydrogens (tertiary/aromatic N) is 2.